The molecule has 0 aliphatic heterocycles. The number of amides is 1. The number of hydrogen-bond donors (Lipinski definition) is 3. The van der Waals surface area contributed by atoms with Crippen LogP contribution in [0, 0.1) is 0 Å². The van der Waals surface area contributed by atoms with Crippen LogP contribution in [-0.4, -0.2) is 46.9 Å². The number of hydrogen-bond acceptors (Lipinski definition) is 5. The Kier molecular flexibility index (Phi) is 46.0. The number of aliphatic hydroxyl groups is 2. The van der Waals surface area contributed by atoms with E-state index < -0.39 is 18.2 Å². The van der Waals surface area contributed by atoms with Gasteiger partial charge in [0, 0.05) is 6.42 Å². The van der Waals surface area contributed by atoms with Crippen LogP contribution in [0.4, 0.5) is 0 Å². The van der Waals surface area contributed by atoms with Gasteiger partial charge in [-0.25, -0.2) is 0 Å². The number of unbranched alkanes of at least 4 members (excludes halogenated alkanes) is 36. The molecule has 0 aliphatic carbocycles. The fourth-order valence-corrected chi connectivity index (χ4v) is 8.43. The largest absolute Gasteiger partial charge is 0.462 e. The van der Waals surface area contributed by atoms with Crippen molar-refractivity contribution >= 4 is 11.9 Å². The predicted octanol–water partition coefficient (Wildman–Crippen LogP) is 15.6. The molecule has 3 N–H and O–H groups in total. The molecule has 0 radical (unpaired) electrons. The molecular weight excluding hydrogens is 719 g/mol. The van der Waals surface area contributed by atoms with Crippen LogP contribution < -0.4 is 5.32 Å². The smallest absolute Gasteiger partial charge is 0.306 e. The molecule has 0 fully saturated rings. The highest BCUT2D eigenvalue weighted by Gasteiger charge is 2.24. The van der Waals surface area contributed by atoms with Gasteiger partial charge in [-0.05, 0) is 25.7 Å². The molecule has 1 amide bonds. The van der Waals surface area contributed by atoms with Crippen molar-refractivity contribution in [3.05, 3.63) is 0 Å². The maximum absolute atomic E-state index is 13.2. The summed E-state index contributed by atoms with van der Waals surface area (Å²) in [5.41, 5.74) is 0. The van der Waals surface area contributed by atoms with Crippen molar-refractivity contribution in [2.75, 3.05) is 6.61 Å². The molecule has 0 aliphatic rings. The molecule has 0 bridgehead atoms. The molecule has 0 rings (SSSR count). The van der Waals surface area contributed by atoms with Crippen molar-refractivity contribution in [3.63, 3.8) is 0 Å². The highest BCUT2D eigenvalue weighted by Crippen LogP contribution is 2.19. The lowest BCUT2D eigenvalue weighted by molar-refractivity contribution is -0.151. The van der Waals surface area contributed by atoms with Crippen molar-refractivity contribution in [2.45, 2.75) is 315 Å². The van der Waals surface area contributed by atoms with Crippen LogP contribution in [-0.2, 0) is 14.3 Å². The summed E-state index contributed by atoms with van der Waals surface area (Å²) in [6.45, 7) is 6.51. The predicted molar refractivity (Wildman–Crippen MR) is 250 cm³/mol. The number of ether oxygens (including phenoxy) is 1. The molecule has 6 nitrogen and oxygen atoms in total. The van der Waals surface area contributed by atoms with E-state index in [0.29, 0.717) is 19.3 Å². The van der Waals surface area contributed by atoms with E-state index in [0.717, 1.165) is 44.9 Å². The Morgan fingerprint density at radius 1 is 0.431 bits per heavy atom. The number of esters is 1. The maximum Gasteiger partial charge on any atom is 0.306 e. The fourth-order valence-electron chi connectivity index (χ4n) is 8.43. The van der Waals surface area contributed by atoms with Crippen LogP contribution in [0.1, 0.15) is 297 Å². The van der Waals surface area contributed by atoms with Crippen LogP contribution >= 0.6 is 0 Å². The molecule has 0 aromatic heterocycles. The molecule has 0 heterocycles. The van der Waals surface area contributed by atoms with Gasteiger partial charge in [-0.15, -0.1) is 0 Å². The molecule has 3 unspecified atom stereocenters. The van der Waals surface area contributed by atoms with Gasteiger partial charge in [0.2, 0.25) is 5.91 Å². The van der Waals surface area contributed by atoms with Gasteiger partial charge < -0.3 is 20.3 Å². The molecule has 58 heavy (non-hydrogen) atoms. The number of rotatable bonds is 48. The minimum atomic E-state index is -0.779. The zero-order chi connectivity index (χ0) is 42.4. The van der Waals surface area contributed by atoms with E-state index in [4.69, 9.17) is 4.74 Å². The monoisotopic (exact) mass is 822 g/mol. The van der Waals surface area contributed by atoms with Crippen LogP contribution in [0.3, 0.4) is 0 Å². The summed E-state index contributed by atoms with van der Waals surface area (Å²) in [5, 5.41) is 23.8. The second-order valence-corrected chi connectivity index (χ2v) is 18.3. The van der Waals surface area contributed by atoms with Gasteiger partial charge in [-0.1, -0.05) is 258 Å². The normalized spacial score (nSPS) is 13.1. The molecule has 346 valence electrons. The van der Waals surface area contributed by atoms with E-state index in [1.807, 2.05) is 0 Å². The molecule has 0 saturated carbocycles. The number of carbonyl (C=O) groups excluding carboxylic acids is 2. The SMILES string of the molecule is CCCCCCCCCCCCCCCCC(O)C(CO)NC(=O)CC(CCCCCCCCCCCCCCC)OC(=O)CCCCCCCCCCCCCC. The van der Waals surface area contributed by atoms with Gasteiger partial charge in [0.05, 0.1) is 25.2 Å². The van der Waals surface area contributed by atoms with E-state index in [1.165, 1.54) is 205 Å². The zero-order valence-electron chi connectivity index (χ0n) is 39.5. The molecule has 0 aromatic carbocycles. The molecule has 6 heteroatoms. The lowest BCUT2D eigenvalue weighted by atomic mass is 10.0. The first kappa shape index (κ1) is 56.9. The van der Waals surface area contributed by atoms with Gasteiger partial charge in [0.1, 0.15) is 6.10 Å². The van der Waals surface area contributed by atoms with Crippen LogP contribution in [0.5, 0.6) is 0 Å². The Morgan fingerprint density at radius 3 is 1.05 bits per heavy atom. The standard InChI is InChI=1S/C52H103NO5/c1-4-7-10-13-16-19-22-25-27-29-32-35-38-41-44-50(55)49(47-54)53-51(56)46-48(43-40-37-34-31-28-26-23-20-17-14-11-8-5-2)58-52(57)45-42-39-36-33-30-24-21-18-15-12-9-6-3/h48-50,54-55H,4-47H2,1-3H3,(H,53,56). The Hall–Kier alpha value is -1.14. The summed E-state index contributed by atoms with van der Waals surface area (Å²) >= 11 is 0. The summed E-state index contributed by atoms with van der Waals surface area (Å²) in [4.78, 5) is 26.1. The van der Waals surface area contributed by atoms with Crippen LogP contribution in [0.2, 0.25) is 0 Å². The van der Waals surface area contributed by atoms with Crippen molar-refractivity contribution in [1.82, 2.24) is 5.32 Å². The van der Waals surface area contributed by atoms with Gasteiger partial charge in [0.15, 0.2) is 0 Å². The summed E-state index contributed by atoms with van der Waals surface area (Å²) < 4.78 is 5.94. The van der Waals surface area contributed by atoms with Crippen LogP contribution in [0.25, 0.3) is 0 Å². The Bertz CT molecular complexity index is 837. The minimum Gasteiger partial charge on any atom is -0.462 e. The molecule has 0 saturated heterocycles. The molecule has 3 atom stereocenters. The average Bonchev–Trinajstić information content (AvgIpc) is 3.22. The van der Waals surface area contributed by atoms with E-state index in [-0.39, 0.29) is 24.9 Å². The fraction of sp³-hybridized carbons (Fsp3) is 0.962. The van der Waals surface area contributed by atoms with E-state index in [9.17, 15) is 19.8 Å². The lowest BCUT2D eigenvalue weighted by Gasteiger charge is -2.24. The second kappa shape index (κ2) is 46.9. The van der Waals surface area contributed by atoms with E-state index >= 15 is 0 Å². The maximum atomic E-state index is 13.2. The first-order chi connectivity index (χ1) is 28.5. The topological polar surface area (TPSA) is 95.9 Å². The molecular formula is C52H103NO5. The van der Waals surface area contributed by atoms with E-state index in [2.05, 4.69) is 26.1 Å². The van der Waals surface area contributed by atoms with Crippen LogP contribution in [0.15, 0.2) is 0 Å². The van der Waals surface area contributed by atoms with Crippen molar-refractivity contribution < 1.29 is 24.5 Å². The van der Waals surface area contributed by atoms with E-state index in [1.54, 1.807) is 0 Å². The number of nitrogens with one attached hydrogen (secondary N) is 1. The summed E-state index contributed by atoms with van der Waals surface area (Å²) in [7, 11) is 0. The second-order valence-electron chi connectivity index (χ2n) is 18.3. The quantitative estimate of drug-likeness (QED) is 0.0420. The minimum absolute atomic E-state index is 0.0878. The van der Waals surface area contributed by atoms with Gasteiger partial charge >= 0.3 is 5.97 Å². The number of carbonyl (C=O) groups is 2. The van der Waals surface area contributed by atoms with Crippen molar-refractivity contribution in [2.24, 2.45) is 0 Å². The third-order valence-corrected chi connectivity index (χ3v) is 12.4. The summed E-state index contributed by atoms with van der Waals surface area (Å²) in [6.07, 6.45) is 50.1. The Morgan fingerprint density at radius 2 is 0.724 bits per heavy atom. The third-order valence-electron chi connectivity index (χ3n) is 12.4. The lowest BCUT2D eigenvalue weighted by Crippen LogP contribution is -2.46. The highest BCUT2D eigenvalue weighted by atomic mass is 16.5. The summed E-state index contributed by atoms with van der Waals surface area (Å²) in [5.74, 6) is -0.451. The third kappa shape index (κ3) is 41.6. The van der Waals surface area contributed by atoms with Crippen molar-refractivity contribution in [3.8, 4) is 0 Å². The summed E-state index contributed by atoms with van der Waals surface area (Å²) in [6, 6.07) is -0.691. The highest BCUT2D eigenvalue weighted by molar-refractivity contribution is 5.77. The number of aliphatic hydroxyl groups excluding tert-OH is 2. The average molecular weight is 822 g/mol. The van der Waals surface area contributed by atoms with Gasteiger partial charge in [-0.2, -0.15) is 0 Å². The first-order valence-corrected chi connectivity index (χ1v) is 26.3. The van der Waals surface area contributed by atoms with Crippen molar-refractivity contribution in [1.29, 1.82) is 0 Å². The zero-order valence-corrected chi connectivity index (χ0v) is 39.5. The molecule has 0 aromatic rings. The van der Waals surface area contributed by atoms with Gasteiger partial charge in [0.25, 0.3) is 0 Å². The Balaban J connectivity index is 4.50. The Labute approximate surface area is 362 Å². The molecule has 0 spiro atoms. The first-order valence-electron chi connectivity index (χ1n) is 26.3. The van der Waals surface area contributed by atoms with Gasteiger partial charge in [-0.3, -0.25) is 9.59 Å².